The molecule has 0 radical (unpaired) electrons. The Morgan fingerprint density at radius 2 is 1.83 bits per heavy atom. The van der Waals surface area contributed by atoms with Gasteiger partial charge in [-0.3, -0.25) is 4.90 Å². The second-order valence-corrected chi connectivity index (χ2v) is 7.06. The van der Waals surface area contributed by atoms with Crippen molar-refractivity contribution >= 4 is 11.6 Å². The van der Waals surface area contributed by atoms with Crippen molar-refractivity contribution in [3.05, 3.63) is 53.6 Å². The standard InChI is InChI=1S/C23H32N4O3/c1-3-29-20-8-9-22(30-4-2)21(15-20)26-23(24)25-16-18-6-5-7-19(14-18)17-27-10-12-28-13-11-27/h5-9,14-15H,3-4,10-13,16-17H2,1-2H3,(H3,24,25,26). The van der Waals surface area contributed by atoms with Crippen LogP contribution >= 0.6 is 0 Å². The molecule has 2 aromatic carbocycles. The zero-order valence-corrected chi connectivity index (χ0v) is 17.9. The van der Waals surface area contributed by atoms with Crippen molar-refractivity contribution in [3.63, 3.8) is 0 Å². The first kappa shape index (κ1) is 21.9. The molecular weight excluding hydrogens is 380 g/mol. The van der Waals surface area contributed by atoms with Gasteiger partial charge in [-0.1, -0.05) is 24.3 Å². The lowest BCUT2D eigenvalue weighted by Crippen LogP contribution is -2.35. The van der Waals surface area contributed by atoms with Crippen LogP contribution in [0.5, 0.6) is 11.5 Å². The van der Waals surface area contributed by atoms with Gasteiger partial charge in [-0.15, -0.1) is 0 Å². The van der Waals surface area contributed by atoms with Crippen LogP contribution in [0.15, 0.2) is 47.5 Å². The number of morpholine rings is 1. The van der Waals surface area contributed by atoms with Crippen molar-refractivity contribution in [2.75, 3.05) is 44.8 Å². The molecule has 162 valence electrons. The van der Waals surface area contributed by atoms with E-state index in [1.807, 2.05) is 32.0 Å². The number of ether oxygens (including phenoxy) is 3. The van der Waals surface area contributed by atoms with Crippen molar-refractivity contribution in [1.29, 1.82) is 0 Å². The number of nitrogens with one attached hydrogen (secondary N) is 1. The third-order valence-electron chi connectivity index (χ3n) is 4.76. The fourth-order valence-corrected chi connectivity index (χ4v) is 3.34. The first-order valence-electron chi connectivity index (χ1n) is 10.5. The zero-order valence-electron chi connectivity index (χ0n) is 17.9. The Hall–Kier alpha value is -2.77. The average molecular weight is 413 g/mol. The molecule has 0 atom stereocenters. The van der Waals surface area contributed by atoms with Crippen molar-refractivity contribution in [2.24, 2.45) is 10.7 Å². The summed E-state index contributed by atoms with van der Waals surface area (Å²) in [4.78, 5) is 6.91. The summed E-state index contributed by atoms with van der Waals surface area (Å²) in [6.07, 6.45) is 0. The third-order valence-corrected chi connectivity index (χ3v) is 4.76. The van der Waals surface area contributed by atoms with Gasteiger partial charge in [-0.25, -0.2) is 4.99 Å². The molecule has 1 aliphatic heterocycles. The number of hydrogen-bond acceptors (Lipinski definition) is 5. The van der Waals surface area contributed by atoms with Crippen LogP contribution in [0.2, 0.25) is 0 Å². The predicted octanol–water partition coefficient (Wildman–Crippen LogP) is 3.24. The number of hydrogen-bond donors (Lipinski definition) is 2. The Kier molecular flexibility index (Phi) is 8.35. The molecule has 7 heteroatoms. The van der Waals surface area contributed by atoms with E-state index in [1.165, 1.54) is 5.56 Å². The fraction of sp³-hybridized carbons (Fsp3) is 0.435. The minimum atomic E-state index is 0.336. The number of guanidine groups is 1. The minimum Gasteiger partial charge on any atom is -0.494 e. The molecule has 1 heterocycles. The maximum absolute atomic E-state index is 6.15. The van der Waals surface area contributed by atoms with E-state index < -0.39 is 0 Å². The Balaban J connectivity index is 1.63. The van der Waals surface area contributed by atoms with Crippen LogP contribution in [0.25, 0.3) is 0 Å². The second kappa shape index (κ2) is 11.4. The van der Waals surface area contributed by atoms with Gasteiger partial charge >= 0.3 is 0 Å². The van der Waals surface area contributed by atoms with Gasteiger partial charge < -0.3 is 25.3 Å². The van der Waals surface area contributed by atoms with Gasteiger partial charge in [0.05, 0.1) is 38.7 Å². The highest BCUT2D eigenvalue weighted by atomic mass is 16.5. The van der Waals surface area contributed by atoms with Gasteiger partial charge in [-0.2, -0.15) is 0 Å². The summed E-state index contributed by atoms with van der Waals surface area (Å²) >= 11 is 0. The lowest BCUT2D eigenvalue weighted by Gasteiger charge is -2.26. The smallest absolute Gasteiger partial charge is 0.193 e. The molecule has 2 aromatic rings. The zero-order chi connectivity index (χ0) is 21.2. The molecule has 0 aliphatic carbocycles. The summed E-state index contributed by atoms with van der Waals surface area (Å²) in [5.41, 5.74) is 9.29. The summed E-state index contributed by atoms with van der Waals surface area (Å²) in [7, 11) is 0. The highest BCUT2D eigenvalue weighted by Gasteiger charge is 2.11. The van der Waals surface area contributed by atoms with Crippen LogP contribution in [0.1, 0.15) is 25.0 Å². The summed E-state index contributed by atoms with van der Waals surface area (Å²) in [5, 5.41) is 3.15. The van der Waals surface area contributed by atoms with Crippen LogP contribution in [-0.4, -0.2) is 50.4 Å². The van der Waals surface area contributed by atoms with Gasteiger partial charge in [0, 0.05) is 25.7 Å². The summed E-state index contributed by atoms with van der Waals surface area (Å²) in [6, 6.07) is 14.1. The van der Waals surface area contributed by atoms with Crippen LogP contribution in [0.4, 0.5) is 5.69 Å². The molecule has 0 bridgehead atoms. The van der Waals surface area contributed by atoms with Crippen molar-refractivity contribution in [1.82, 2.24) is 4.90 Å². The van der Waals surface area contributed by atoms with E-state index in [1.54, 1.807) is 0 Å². The van der Waals surface area contributed by atoms with E-state index in [4.69, 9.17) is 19.9 Å². The molecule has 1 saturated heterocycles. The molecule has 1 aliphatic rings. The third kappa shape index (κ3) is 6.64. The molecule has 3 rings (SSSR count). The van der Waals surface area contributed by atoms with E-state index in [9.17, 15) is 0 Å². The van der Waals surface area contributed by atoms with E-state index in [2.05, 4.69) is 39.5 Å². The largest absolute Gasteiger partial charge is 0.494 e. The SMILES string of the molecule is CCOc1ccc(OCC)c(NC(N)=NCc2cccc(CN3CCOCC3)c2)c1. The average Bonchev–Trinajstić information content (AvgIpc) is 2.75. The van der Waals surface area contributed by atoms with Gasteiger partial charge in [0.25, 0.3) is 0 Å². The highest BCUT2D eigenvalue weighted by molar-refractivity contribution is 5.94. The van der Waals surface area contributed by atoms with E-state index >= 15 is 0 Å². The maximum atomic E-state index is 6.15. The Labute approximate surface area is 178 Å². The van der Waals surface area contributed by atoms with E-state index in [0.29, 0.717) is 31.5 Å². The molecular formula is C23H32N4O3. The van der Waals surface area contributed by atoms with Gasteiger partial charge in [-0.05, 0) is 37.1 Å². The van der Waals surface area contributed by atoms with Crippen molar-refractivity contribution < 1.29 is 14.2 Å². The van der Waals surface area contributed by atoms with Crippen molar-refractivity contribution in [2.45, 2.75) is 26.9 Å². The molecule has 30 heavy (non-hydrogen) atoms. The number of nitrogens with two attached hydrogens (primary N) is 1. The maximum Gasteiger partial charge on any atom is 0.193 e. The minimum absolute atomic E-state index is 0.336. The van der Waals surface area contributed by atoms with E-state index in [-0.39, 0.29) is 0 Å². The van der Waals surface area contributed by atoms with E-state index in [0.717, 1.165) is 49.8 Å². The molecule has 1 fully saturated rings. The van der Waals surface area contributed by atoms with Gasteiger partial charge in [0.15, 0.2) is 5.96 Å². The lowest BCUT2D eigenvalue weighted by atomic mass is 10.1. The Morgan fingerprint density at radius 3 is 2.60 bits per heavy atom. The molecule has 0 spiro atoms. The van der Waals surface area contributed by atoms with Crippen molar-refractivity contribution in [3.8, 4) is 11.5 Å². The van der Waals surface area contributed by atoms with Crippen LogP contribution < -0.4 is 20.5 Å². The Bertz CT molecular complexity index is 835. The molecule has 0 saturated carbocycles. The second-order valence-electron chi connectivity index (χ2n) is 7.06. The Morgan fingerprint density at radius 1 is 1.07 bits per heavy atom. The molecule has 3 N–H and O–H groups in total. The number of nitrogens with zero attached hydrogens (tertiary/aromatic N) is 2. The summed E-state index contributed by atoms with van der Waals surface area (Å²) < 4.78 is 16.7. The van der Waals surface area contributed by atoms with Gasteiger partial charge in [0.1, 0.15) is 11.5 Å². The summed E-state index contributed by atoms with van der Waals surface area (Å²) in [6.45, 7) is 10.0. The molecule has 0 aromatic heterocycles. The monoisotopic (exact) mass is 412 g/mol. The van der Waals surface area contributed by atoms with Gasteiger partial charge in [0.2, 0.25) is 0 Å². The lowest BCUT2D eigenvalue weighted by molar-refractivity contribution is 0.0342. The van der Waals surface area contributed by atoms with Crippen LogP contribution in [-0.2, 0) is 17.8 Å². The molecule has 7 nitrogen and oxygen atoms in total. The van der Waals surface area contributed by atoms with Crippen LogP contribution in [0, 0.1) is 0 Å². The number of anilines is 1. The topological polar surface area (TPSA) is 81.3 Å². The number of rotatable bonds is 9. The van der Waals surface area contributed by atoms with Crippen LogP contribution in [0.3, 0.4) is 0 Å². The fourth-order valence-electron chi connectivity index (χ4n) is 3.34. The number of benzene rings is 2. The number of aliphatic imine (C=N–C) groups is 1. The molecule has 0 unspecified atom stereocenters. The quantitative estimate of drug-likeness (QED) is 0.486. The molecule has 0 amide bonds. The predicted molar refractivity (Wildman–Crippen MR) is 120 cm³/mol. The normalized spacial score (nSPS) is 15.1. The highest BCUT2D eigenvalue weighted by Crippen LogP contribution is 2.29. The summed E-state index contributed by atoms with van der Waals surface area (Å²) in [5.74, 6) is 1.81. The first-order chi connectivity index (χ1) is 14.7. The first-order valence-corrected chi connectivity index (χ1v) is 10.5.